The van der Waals surface area contributed by atoms with Crippen LogP contribution in [-0.2, 0) is 32.2 Å². The second kappa shape index (κ2) is 26.3. The first kappa shape index (κ1) is 59.3. The molecule has 3 aliphatic heterocycles. The summed E-state index contributed by atoms with van der Waals surface area (Å²) in [5, 5.41) is 16.3. The second-order valence-corrected chi connectivity index (χ2v) is 21.2. The Bertz CT molecular complexity index is 3450. The number of carbonyl (C=O) groups excluding carboxylic acids is 4. The summed E-state index contributed by atoms with van der Waals surface area (Å²) in [6.45, 7) is 7.06. The van der Waals surface area contributed by atoms with Gasteiger partial charge in [0, 0.05) is 67.5 Å². The summed E-state index contributed by atoms with van der Waals surface area (Å²) < 4.78 is 45.4. The molecule has 434 valence electrons. The van der Waals surface area contributed by atoms with Crippen LogP contribution in [0.25, 0.3) is 11.3 Å². The van der Waals surface area contributed by atoms with E-state index < -0.39 is 35.9 Å². The zero-order valence-corrected chi connectivity index (χ0v) is 48.3. The molecule has 83 heavy (non-hydrogen) atoms. The van der Waals surface area contributed by atoms with Gasteiger partial charge in [-0.15, -0.1) is 0 Å². The summed E-state index contributed by atoms with van der Waals surface area (Å²) >= 11 is 12.7. The predicted octanol–water partition coefficient (Wildman–Crippen LogP) is 8.15. The summed E-state index contributed by atoms with van der Waals surface area (Å²) in [6, 6.07) is 24.4. The monoisotopic (exact) mass is 1170 g/mol. The minimum atomic E-state index is -0.845. The number of urea groups is 1. The molecule has 0 unspecified atom stereocenters. The number of hydrogen-bond donors (Lipinski definition) is 1. The summed E-state index contributed by atoms with van der Waals surface area (Å²) in [7, 11) is 4.77. The number of hydrogen-bond acceptors (Lipinski definition) is 15. The van der Waals surface area contributed by atoms with Crippen molar-refractivity contribution in [1.82, 2.24) is 44.2 Å². The molecular formula is C59H63Cl2FN12O9. The van der Waals surface area contributed by atoms with E-state index in [1.807, 2.05) is 44.2 Å². The number of nitrogen functional groups attached to an aromatic ring is 1. The number of ether oxygens (including phenoxy) is 5. The van der Waals surface area contributed by atoms with Gasteiger partial charge < -0.3 is 49.0 Å². The fourth-order valence-electron chi connectivity index (χ4n) is 10.1. The Kier molecular flexibility index (Phi) is 18.8. The zero-order valence-electron chi connectivity index (χ0n) is 46.8. The quantitative estimate of drug-likeness (QED) is 0.0800. The third kappa shape index (κ3) is 13.4. The average Bonchev–Trinajstić information content (AvgIpc) is 2.93. The normalized spacial score (nSPS) is 17.0. The number of aliphatic imine (C=N–C) groups is 1. The van der Waals surface area contributed by atoms with Crippen molar-refractivity contribution in [3.8, 4) is 34.7 Å². The van der Waals surface area contributed by atoms with Crippen LogP contribution in [0, 0.1) is 17.1 Å². The summed E-state index contributed by atoms with van der Waals surface area (Å²) in [6.07, 6.45) is 0.389. The van der Waals surface area contributed by atoms with Crippen LogP contribution in [0.1, 0.15) is 89.4 Å². The molecule has 3 atom stereocenters. The number of methoxy groups -OCH3 is 1. The Morgan fingerprint density at radius 3 is 2.30 bits per heavy atom. The lowest BCUT2D eigenvalue weighted by molar-refractivity contribution is -0.135. The van der Waals surface area contributed by atoms with Crippen molar-refractivity contribution in [3.63, 3.8) is 0 Å². The molecule has 3 aliphatic rings. The van der Waals surface area contributed by atoms with Crippen LogP contribution in [0.5, 0.6) is 17.4 Å². The second-order valence-electron chi connectivity index (χ2n) is 20.3. The summed E-state index contributed by atoms with van der Waals surface area (Å²) in [5.41, 5.74) is 9.81. The van der Waals surface area contributed by atoms with Crippen LogP contribution >= 0.6 is 23.2 Å². The SMILES string of the molecule is COc1ccc(C2=N[C@H](c3ccc(Cl)cc3)[C@H](c3ccc(Cl)cc3)N2C(=O)N2CCN(CCOCCOCCC(=O)N(C)CCn3nc4c(c3C#N)-c3cnc(N)c(n3)O[C@H](C)c3cc(F)ccc3C(=O)N(C)C4)C(=O)C2)c(OC(C)C)c1. The molecule has 0 spiro atoms. The van der Waals surface area contributed by atoms with Gasteiger partial charge in [-0.2, -0.15) is 10.4 Å². The minimum absolute atomic E-state index is 0.0444. The highest BCUT2D eigenvalue weighted by Crippen LogP contribution is 2.46. The number of likely N-dealkylation sites (N-methyl/N-ethyl adjacent to an activating group) is 1. The number of amides is 5. The Morgan fingerprint density at radius 2 is 1.61 bits per heavy atom. The number of amidine groups is 1. The molecule has 2 bridgehead atoms. The van der Waals surface area contributed by atoms with Crippen molar-refractivity contribution < 1.29 is 47.3 Å². The first-order valence-electron chi connectivity index (χ1n) is 27.0. The average molecular weight is 1170 g/mol. The van der Waals surface area contributed by atoms with Gasteiger partial charge in [-0.05, 0) is 86.5 Å². The maximum atomic E-state index is 15.1. The number of nitrogens with zero attached hydrogens (tertiary/aromatic N) is 11. The first-order chi connectivity index (χ1) is 39.9. The standard InChI is InChI=1S/C59H63Cl2FN12O9/c1-35(2)82-49-30-42(79-6)16-18-44(49)56-67-53(37-7-11-39(60)12-8-37)54(38-9-13-40(61)14-10-38)74(56)59(78)72-22-21-71(51(76)34-72)24-26-81-28-27-80-25-19-50(75)69(4)20-23-73-48(31-63)52-46-32-65-55(64)57(66-46)83-36(3)45-29-41(62)15-17-43(45)58(77)70(5)33-47(52)68-73/h7-18,29-30,32,35-36,53-54H,19-28,33-34H2,1-6H3,(H2,64,65)/t36-,53-,54+/m1/s1. The molecule has 2 N–H and O–H groups in total. The van der Waals surface area contributed by atoms with Gasteiger partial charge in [0.05, 0.1) is 93.9 Å². The maximum absolute atomic E-state index is 15.1. The largest absolute Gasteiger partial charge is 0.497 e. The molecule has 0 aliphatic carbocycles. The molecular weight excluding hydrogens is 1110 g/mol. The van der Waals surface area contributed by atoms with E-state index in [0.717, 1.165) is 11.1 Å². The Morgan fingerprint density at radius 1 is 0.916 bits per heavy atom. The molecule has 21 nitrogen and oxygen atoms in total. The molecule has 2 aromatic heterocycles. The van der Waals surface area contributed by atoms with Crippen molar-refractivity contribution in [1.29, 1.82) is 5.26 Å². The van der Waals surface area contributed by atoms with Gasteiger partial charge in [-0.25, -0.2) is 19.2 Å². The summed E-state index contributed by atoms with van der Waals surface area (Å²) in [5.74, 6) is -0.140. The lowest BCUT2D eigenvalue weighted by Crippen LogP contribution is -2.56. The smallest absolute Gasteiger partial charge is 0.326 e. The Hall–Kier alpha value is -8.36. The Balaban J connectivity index is 0.770. The van der Waals surface area contributed by atoms with Crippen LogP contribution < -0.4 is 19.9 Å². The van der Waals surface area contributed by atoms with Crippen molar-refractivity contribution in [2.75, 3.05) is 86.1 Å². The van der Waals surface area contributed by atoms with E-state index in [0.29, 0.717) is 44.2 Å². The highest BCUT2D eigenvalue weighted by Gasteiger charge is 2.46. The Labute approximate surface area is 489 Å². The van der Waals surface area contributed by atoms with Crippen LogP contribution in [0.15, 0.2) is 96.1 Å². The van der Waals surface area contributed by atoms with Crippen LogP contribution in [0.4, 0.5) is 15.0 Å². The number of fused-ring (bicyclic) bond motifs is 5. The first-order valence-corrected chi connectivity index (χ1v) is 27.7. The van der Waals surface area contributed by atoms with Crippen molar-refractivity contribution in [3.05, 3.63) is 146 Å². The third-order valence-corrected chi connectivity index (χ3v) is 14.9. The number of carbonyl (C=O) groups is 4. The molecule has 1 saturated heterocycles. The number of rotatable bonds is 18. The van der Waals surface area contributed by atoms with Crippen molar-refractivity contribution in [2.45, 2.75) is 64.6 Å². The molecule has 6 aromatic rings. The van der Waals surface area contributed by atoms with Gasteiger partial charge in [0.25, 0.3) is 11.8 Å². The number of nitrogens with two attached hydrogens (primary N) is 1. The molecule has 9 rings (SSSR count). The maximum Gasteiger partial charge on any atom is 0.326 e. The number of halogens is 3. The molecule has 4 aromatic carbocycles. The zero-order chi connectivity index (χ0) is 59.1. The molecule has 0 saturated carbocycles. The fourth-order valence-corrected chi connectivity index (χ4v) is 10.3. The van der Waals surface area contributed by atoms with E-state index in [1.165, 1.54) is 43.8 Å². The minimum Gasteiger partial charge on any atom is -0.497 e. The highest BCUT2D eigenvalue weighted by atomic mass is 35.5. The van der Waals surface area contributed by atoms with Gasteiger partial charge in [0.15, 0.2) is 5.82 Å². The number of anilines is 1. The van der Waals surface area contributed by atoms with E-state index in [9.17, 15) is 24.0 Å². The third-order valence-electron chi connectivity index (χ3n) is 14.3. The van der Waals surface area contributed by atoms with Crippen molar-refractivity contribution >= 4 is 58.6 Å². The van der Waals surface area contributed by atoms with E-state index in [-0.39, 0.29) is 131 Å². The molecule has 0 radical (unpaired) electrons. The number of piperazine rings is 1. The lowest BCUT2D eigenvalue weighted by atomic mass is 9.93. The molecule has 5 heterocycles. The molecule has 24 heteroatoms. The molecule has 5 amide bonds. The number of benzene rings is 4. The predicted molar refractivity (Wildman–Crippen MR) is 307 cm³/mol. The van der Waals surface area contributed by atoms with Crippen LogP contribution in [0.3, 0.4) is 0 Å². The van der Waals surface area contributed by atoms with Gasteiger partial charge in [0.2, 0.25) is 11.8 Å². The fraction of sp³-hybridized carbons (Fsp3) is 0.373. The van der Waals surface area contributed by atoms with Gasteiger partial charge in [-0.1, -0.05) is 47.5 Å². The van der Waals surface area contributed by atoms with Crippen LogP contribution in [0.2, 0.25) is 10.0 Å². The number of nitriles is 1. The highest BCUT2D eigenvalue weighted by molar-refractivity contribution is 6.30. The van der Waals surface area contributed by atoms with Crippen LogP contribution in [-0.4, -0.2) is 160 Å². The van der Waals surface area contributed by atoms with Crippen molar-refractivity contribution in [2.24, 2.45) is 4.99 Å². The van der Waals surface area contributed by atoms with E-state index >= 15 is 4.79 Å². The molecule has 1 fully saturated rings. The van der Waals surface area contributed by atoms with Gasteiger partial charge in [-0.3, -0.25) is 29.0 Å². The topological polar surface area (TPSA) is 236 Å². The van der Waals surface area contributed by atoms with E-state index in [2.05, 4.69) is 16.0 Å². The van der Waals surface area contributed by atoms with E-state index in [1.54, 1.807) is 74.3 Å². The van der Waals surface area contributed by atoms with E-state index in [4.69, 9.17) is 62.7 Å². The number of aromatic nitrogens is 4. The lowest BCUT2D eigenvalue weighted by Gasteiger charge is -2.38. The van der Waals surface area contributed by atoms with Gasteiger partial charge >= 0.3 is 6.03 Å². The van der Waals surface area contributed by atoms with Gasteiger partial charge in [0.1, 0.15) is 53.6 Å². The summed E-state index contributed by atoms with van der Waals surface area (Å²) in [4.78, 5) is 77.8.